The van der Waals surface area contributed by atoms with E-state index in [1.165, 1.54) is 30.6 Å². The number of thiophene rings is 1. The molecule has 2 nitrogen and oxygen atoms in total. The van der Waals surface area contributed by atoms with Crippen LogP contribution < -0.4 is 4.74 Å². The van der Waals surface area contributed by atoms with E-state index < -0.39 is 0 Å². The second-order valence-electron chi connectivity index (χ2n) is 7.93. The van der Waals surface area contributed by atoms with Crippen LogP contribution in [0.3, 0.4) is 0 Å². The lowest BCUT2D eigenvalue weighted by atomic mass is 9.77. The Balaban J connectivity index is 1.41. The monoisotopic (exact) mass is 388 g/mol. The van der Waals surface area contributed by atoms with Gasteiger partial charge in [0, 0.05) is 10.8 Å². The predicted molar refractivity (Wildman–Crippen MR) is 110 cm³/mol. The molecule has 1 saturated heterocycles. The van der Waals surface area contributed by atoms with Gasteiger partial charge in [0.15, 0.2) is 11.6 Å². The number of fused-ring (bicyclic) bond motifs is 1. The molecule has 0 spiro atoms. The summed E-state index contributed by atoms with van der Waals surface area (Å²) >= 11 is 1.56. The quantitative estimate of drug-likeness (QED) is 0.531. The van der Waals surface area contributed by atoms with Gasteiger partial charge in [0.2, 0.25) is 0 Å². The minimum atomic E-state index is -0.223. The summed E-state index contributed by atoms with van der Waals surface area (Å²) in [4.78, 5) is 1.24. The minimum absolute atomic E-state index is 0.223. The molecule has 1 aliphatic carbocycles. The van der Waals surface area contributed by atoms with Crippen molar-refractivity contribution in [3.8, 4) is 5.75 Å². The van der Waals surface area contributed by atoms with E-state index in [9.17, 15) is 4.39 Å². The van der Waals surface area contributed by atoms with Crippen LogP contribution in [0.2, 0.25) is 0 Å². The van der Waals surface area contributed by atoms with Crippen LogP contribution in [0.15, 0.2) is 30.9 Å². The molecule has 146 valence electrons. The molecule has 2 heterocycles. The number of ether oxygens (including phenoxy) is 2. The SMILES string of the molecule is C=CC1CCC(C2CCC(c3cc4ccc(OCC)c(F)c4s3)CO2)CC1. The third kappa shape index (κ3) is 3.93. The fourth-order valence-electron chi connectivity index (χ4n) is 4.66. The smallest absolute Gasteiger partial charge is 0.182 e. The highest BCUT2D eigenvalue weighted by Gasteiger charge is 2.32. The molecule has 4 heteroatoms. The topological polar surface area (TPSA) is 18.5 Å². The van der Waals surface area contributed by atoms with Gasteiger partial charge in [-0.15, -0.1) is 17.9 Å². The molecule has 0 radical (unpaired) electrons. The van der Waals surface area contributed by atoms with Crippen molar-refractivity contribution in [1.82, 2.24) is 0 Å². The molecule has 4 rings (SSSR count). The maximum Gasteiger partial charge on any atom is 0.182 e. The molecule has 0 amide bonds. The number of benzene rings is 1. The molecule has 2 atom stereocenters. The first-order chi connectivity index (χ1) is 13.2. The van der Waals surface area contributed by atoms with Gasteiger partial charge >= 0.3 is 0 Å². The summed E-state index contributed by atoms with van der Waals surface area (Å²) in [6.45, 7) is 7.06. The Morgan fingerprint density at radius 1 is 1.22 bits per heavy atom. The van der Waals surface area contributed by atoms with E-state index in [0.29, 0.717) is 40.9 Å². The Morgan fingerprint density at radius 2 is 2.04 bits per heavy atom. The minimum Gasteiger partial charge on any atom is -0.491 e. The van der Waals surface area contributed by atoms with E-state index in [1.54, 1.807) is 17.4 Å². The highest BCUT2D eigenvalue weighted by molar-refractivity contribution is 7.19. The van der Waals surface area contributed by atoms with Crippen LogP contribution in [0.25, 0.3) is 10.1 Å². The lowest BCUT2D eigenvalue weighted by Crippen LogP contribution is -2.33. The van der Waals surface area contributed by atoms with E-state index in [-0.39, 0.29) is 5.82 Å². The second-order valence-corrected chi connectivity index (χ2v) is 9.02. The van der Waals surface area contributed by atoms with E-state index >= 15 is 0 Å². The summed E-state index contributed by atoms with van der Waals surface area (Å²) in [6, 6.07) is 5.85. The molecule has 2 unspecified atom stereocenters. The van der Waals surface area contributed by atoms with Crippen molar-refractivity contribution in [2.45, 2.75) is 57.5 Å². The third-order valence-electron chi connectivity index (χ3n) is 6.30. The number of rotatable bonds is 5. The Hall–Kier alpha value is -1.39. The average molecular weight is 389 g/mol. The highest BCUT2D eigenvalue weighted by Crippen LogP contribution is 2.42. The second kappa shape index (κ2) is 8.32. The van der Waals surface area contributed by atoms with Crippen molar-refractivity contribution in [1.29, 1.82) is 0 Å². The lowest BCUT2D eigenvalue weighted by Gasteiger charge is -2.37. The fourth-order valence-corrected chi connectivity index (χ4v) is 5.87. The fraction of sp³-hybridized carbons (Fsp3) is 0.565. The van der Waals surface area contributed by atoms with Gasteiger partial charge in [-0.1, -0.05) is 6.08 Å². The van der Waals surface area contributed by atoms with Crippen LogP contribution in [0, 0.1) is 17.7 Å². The zero-order chi connectivity index (χ0) is 18.8. The van der Waals surface area contributed by atoms with Crippen molar-refractivity contribution >= 4 is 21.4 Å². The van der Waals surface area contributed by atoms with Gasteiger partial charge in [-0.3, -0.25) is 0 Å². The van der Waals surface area contributed by atoms with Crippen molar-refractivity contribution < 1.29 is 13.9 Å². The maximum absolute atomic E-state index is 14.6. The molecule has 2 fully saturated rings. The normalized spacial score (nSPS) is 29.0. The molecule has 0 bridgehead atoms. The number of hydrogen-bond acceptors (Lipinski definition) is 3. The zero-order valence-electron chi connectivity index (χ0n) is 16.1. The standard InChI is InChI=1S/C23H29FO2S/c1-3-15-5-7-16(8-6-15)19-11-10-18(14-26-19)21-13-17-9-12-20(25-4-2)22(24)23(17)27-21/h3,9,12-13,15-16,18-19H,1,4-8,10-11,14H2,2H3. The molecule has 2 aromatic rings. The van der Waals surface area contributed by atoms with Crippen LogP contribution >= 0.6 is 11.3 Å². The first kappa shape index (κ1) is 18.9. The summed E-state index contributed by atoms with van der Waals surface area (Å²) < 4.78 is 27.1. The van der Waals surface area contributed by atoms with Gasteiger partial charge in [-0.2, -0.15) is 0 Å². The molecule has 0 N–H and O–H groups in total. The van der Waals surface area contributed by atoms with Gasteiger partial charge < -0.3 is 9.47 Å². The Labute approximate surface area is 165 Å². The maximum atomic E-state index is 14.6. The summed E-state index contributed by atoms with van der Waals surface area (Å²) in [5.74, 6) is 1.93. The number of halogens is 1. The number of hydrogen-bond donors (Lipinski definition) is 0. The van der Waals surface area contributed by atoms with Gasteiger partial charge in [-0.25, -0.2) is 4.39 Å². The molecule has 1 aromatic carbocycles. The van der Waals surface area contributed by atoms with Gasteiger partial charge in [0.25, 0.3) is 0 Å². The average Bonchev–Trinajstić information content (AvgIpc) is 3.16. The summed E-state index contributed by atoms with van der Waals surface area (Å²) in [5, 5.41) is 0.973. The highest BCUT2D eigenvalue weighted by atomic mass is 32.1. The van der Waals surface area contributed by atoms with Crippen LogP contribution in [-0.4, -0.2) is 19.3 Å². The van der Waals surface area contributed by atoms with Gasteiger partial charge in [-0.05, 0) is 80.9 Å². The van der Waals surface area contributed by atoms with Crippen molar-refractivity contribution in [2.75, 3.05) is 13.2 Å². The van der Waals surface area contributed by atoms with Crippen LogP contribution in [0.1, 0.15) is 56.2 Å². The Bertz CT molecular complexity index is 783. The molecular formula is C23H29FO2S. The first-order valence-corrected chi connectivity index (χ1v) is 11.1. The van der Waals surface area contributed by atoms with Gasteiger partial charge in [0.1, 0.15) is 0 Å². The van der Waals surface area contributed by atoms with Gasteiger partial charge in [0.05, 0.1) is 24.0 Å². The molecule has 1 aliphatic heterocycles. The van der Waals surface area contributed by atoms with E-state index in [0.717, 1.165) is 24.8 Å². The van der Waals surface area contributed by atoms with E-state index in [4.69, 9.17) is 9.47 Å². The molecular weight excluding hydrogens is 359 g/mol. The van der Waals surface area contributed by atoms with Crippen LogP contribution in [0.4, 0.5) is 4.39 Å². The van der Waals surface area contributed by atoms with E-state index in [2.05, 4.69) is 18.7 Å². The van der Waals surface area contributed by atoms with Crippen molar-refractivity contribution in [2.24, 2.45) is 11.8 Å². The summed E-state index contributed by atoms with van der Waals surface area (Å²) in [7, 11) is 0. The molecule has 2 aliphatic rings. The molecule has 27 heavy (non-hydrogen) atoms. The van der Waals surface area contributed by atoms with Crippen LogP contribution in [0.5, 0.6) is 5.75 Å². The van der Waals surface area contributed by atoms with Crippen molar-refractivity contribution in [3.05, 3.63) is 41.5 Å². The molecule has 1 aromatic heterocycles. The van der Waals surface area contributed by atoms with Crippen LogP contribution in [-0.2, 0) is 4.74 Å². The summed E-state index contributed by atoms with van der Waals surface area (Å²) in [5.41, 5.74) is 0. The molecule has 1 saturated carbocycles. The largest absolute Gasteiger partial charge is 0.491 e. The summed E-state index contributed by atoms with van der Waals surface area (Å²) in [6.07, 6.45) is 9.83. The lowest BCUT2D eigenvalue weighted by molar-refractivity contribution is -0.0414. The first-order valence-electron chi connectivity index (χ1n) is 10.3. The third-order valence-corrected chi connectivity index (χ3v) is 7.60. The number of allylic oxidation sites excluding steroid dienone is 1. The predicted octanol–water partition coefficient (Wildman–Crippen LogP) is 6.69. The van der Waals surface area contributed by atoms with Crippen molar-refractivity contribution in [3.63, 3.8) is 0 Å². The Morgan fingerprint density at radius 3 is 2.70 bits per heavy atom. The van der Waals surface area contributed by atoms with E-state index in [1.807, 2.05) is 13.0 Å². The Kier molecular flexibility index (Phi) is 5.84. The zero-order valence-corrected chi connectivity index (χ0v) is 16.9.